The number of aromatic hydroxyl groups is 1. The number of hydrogen-bond acceptors (Lipinski definition) is 1. The van der Waals surface area contributed by atoms with Crippen molar-refractivity contribution in [3.63, 3.8) is 0 Å². The van der Waals surface area contributed by atoms with Crippen molar-refractivity contribution in [1.29, 1.82) is 0 Å². The first-order valence-electron chi connectivity index (χ1n) is 5.46. The molecular formula is C14H22Cl2OTi. The van der Waals surface area contributed by atoms with Gasteiger partial charge in [-0.1, -0.05) is 53.7 Å². The van der Waals surface area contributed by atoms with Gasteiger partial charge in [-0.15, -0.1) is 0 Å². The molecule has 1 aromatic rings. The Balaban J connectivity index is -0.000000750. The van der Waals surface area contributed by atoms with Crippen LogP contribution in [0.3, 0.4) is 0 Å². The van der Waals surface area contributed by atoms with E-state index >= 15 is 0 Å². The zero-order chi connectivity index (χ0) is 11.9. The fourth-order valence-electron chi connectivity index (χ4n) is 1.60. The molecule has 1 rings (SSSR count). The van der Waals surface area contributed by atoms with Crippen molar-refractivity contribution >= 4 is 0 Å². The summed E-state index contributed by atoms with van der Waals surface area (Å²) < 4.78 is 0. The predicted molar refractivity (Wildman–Crippen MR) is 65.5 cm³/mol. The summed E-state index contributed by atoms with van der Waals surface area (Å²) in [6.07, 6.45) is 0. The minimum absolute atomic E-state index is 0. The minimum atomic E-state index is -0.00859. The number of phenolic OH excluding ortho intramolecular Hbond substituents is 1. The van der Waals surface area contributed by atoms with Gasteiger partial charge in [0.2, 0.25) is 0 Å². The number of halogens is 2. The fraction of sp³-hybridized carbons (Fsp3) is 0.571. The van der Waals surface area contributed by atoms with Crippen molar-refractivity contribution in [2.45, 2.75) is 52.4 Å². The van der Waals surface area contributed by atoms with Gasteiger partial charge in [0.05, 0.1) is 0 Å². The first-order chi connectivity index (χ1) is 6.62. The SMILES string of the molecule is CC(C)(C)c1ccc(O)c(C(C)(C)C)c1.[Cl-].[Cl-].[Ti+2]. The van der Waals surface area contributed by atoms with Gasteiger partial charge in [-0.3, -0.25) is 0 Å². The van der Waals surface area contributed by atoms with E-state index in [1.54, 1.807) is 6.07 Å². The standard InChI is InChI=1S/C14H22O.2ClH.Ti/c1-13(2,3)10-7-8-12(15)11(9-10)14(4,5)6;;;/h7-9,15H,1-6H3;2*1H;/q;;;+2/p-2. The maximum atomic E-state index is 9.84. The van der Waals surface area contributed by atoms with Crippen LogP contribution in [0.2, 0.25) is 0 Å². The second kappa shape index (κ2) is 7.80. The molecule has 0 spiro atoms. The van der Waals surface area contributed by atoms with E-state index in [4.69, 9.17) is 0 Å². The van der Waals surface area contributed by atoms with Gasteiger partial charge < -0.3 is 29.9 Å². The van der Waals surface area contributed by atoms with Crippen LogP contribution in [-0.4, -0.2) is 5.11 Å². The number of phenols is 1. The van der Waals surface area contributed by atoms with E-state index in [2.05, 4.69) is 47.6 Å². The van der Waals surface area contributed by atoms with E-state index in [-0.39, 0.29) is 57.4 Å². The van der Waals surface area contributed by atoms with Gasteiger partial charge in [-0.25, -0.2) is 0 Å². The summed E-state index contributed by atoms with van der Waals surface area (Å²) >= 11 is 0. The van der Waals surface area contributed by atoms with Crippen LogP contribution in [-0.2, 0) is 32.5 Å². The maximum absolute atomic E-state index is 9.84. The van der Waals surface area contributed by atoms with Crippen molar-refractivity contribution in [1.82, 2.24) is 0 Å². The van der Waals surface area contributed by atoms with Gasteiger partial charge in [-0.2, -0.15) is 0 Å². The average molecular weight is 325 g/mol. The third kappa shape index (κ3) is 5.97. The number of benzene rings is 1. The Hall–Kier alpha value is 0.314. The summed E-state index contributed by atoms with van der Waals surface area (Å²) in [5.74, 6) is 0.399. The van der Waals surface area contributed by atoms with E-state index < -0.39 is 0 Å². The maximum Gasteiger partial charge on any atom is 2.00 e. The van der Waals surface area contributed by atoms with E-state index in [0.717, 1.165) is 5.56 Å². The van der Waals surface area contributed by atoms with E-state index in [1.807, 2.05) is 6.07 Å². The van der Waals surface area contributed by atoms with E-state index in [1.165, 1.54) is 5.56 Å². The Morgan fingerprint density at radius 2 is 1.28 bits per heavy atom. The summed E-state index contributed by atoms with van der Waals surface area (Å²) in [7, 11) is 0. The molecule has 0 fully saturated rings. The Labute approximate surface area is 138 Å². The van der Waals surface area contributed by atoms with Crippen molar-refractivity contribution in [2.75, 3.05) is 0 Å². The fourth-order valence-corrected chi connectivity index (χ4v) is 1.60. The normalized spacial score (nSPS) is 10.8. The molecule has 0 aliphatic rings. The summed E-state index contributed by atoms with van der Waals surface area (Å²) in [5.41, 5.74) is 2.42. The molecule has 0 aromatic heterocycles. The van der Waals surface area contributed by atoms with E-state index in [9.17, 15) is 5.11 Å². The van der Waals surface area contributed by atoms with Crippen LogP contribution in [0.5, 0.6) is 5.75 Å². The van der Waals surface area contributed by atoms with Gasteiger partial charge in [0.15, 0.2) is 0 Å². The zero-order valence-corrected chi connectivity index (χ0v) is 15.0. The number of rotatable bonds is 0. The van der Waals surface area contributed by atoms with Gasteiger partial charge in [0.25, 0.3) is 0 Å². The van der Waals surface area contributed by atoms with Crippen LogP contribution in [0.25, 0.3) is 0 Å². The predicted octanol–water partition coefficient (Wildman–Crippen LogP) is -2.01. The molecule has 1 N–H and O–H groups in total. The molecule has 0 aliphatic carbocycles. The van der Waals surface area contributed by atoms with Crippen LogP contribution in [0.15, 0.2) is 18.2 Å². The first-order valence-corrected chi connectivity index (χ1v) is 5.46. The molecule has 0 saturated heterocycles. The molecule has 1 aromatic carbocycles. The largest absolute Gasteiger partial charge is 2.00 e. The Kier molecular flexibility index (Phi) is 10.1. The van der Waals surface area contributed by atoms with Crippen molar-refractivity contribution in [3.05, 3.63) is 29.3 Å². The van der Waals surface area contributed by atoms with Crippen LogP contribution in [0.4, 0.5) is 0 Å². The summed E-state index contributed by atoms with van der Waals surface area (Å²) in [4.78, 5) is 0. The summed E-state index contributed by atoms with van der Waals surface area (Å²) in [6, 6.07) is 5.93. The third-order valence-corrected chi connectivity index (χ3v) is 2.67. The molecule has 0 atom stereocenters. The average Bonchev–Trinajstić information content (AvgIpc) is 2.00. The summed E-state index contributed by atoms with van der Waals surface area (Å²) in [5, 5.41) is 9.84. The Bertz CT molecular complexity index is 365. The molecule has 0 unspecified atom stereocenters. The molecule has 0 amide bonds. The molecule has 102 valence electrons. The van der Waals surface area contributed by atoms with Gasteiger partial charge in [0, 0.05) is 0 Å². The topological polar surface area (TPSA) is 20.2 Å². The molecule has 0 heterocycles. The smallest absolute Gasteiger partial charge is 1.00 e. The molecular weight excluding hydrogens is 303 g/mol. The first kappa shape index (κ1) is 23.4. The minimum Gasteiger partial charge on any atom is -1.00 e. The van der Waals surface area contributed by atoms with Crippen molar-refractivity contribution in [3.8, 4) is 5.75 Å². The van der Waals surface area contributed by atoms with Gasteiger partial charge in [0.1, 0.15) is 5.75 Å². The molecule has 4 heteroatoms. The molecule has 18 heavy (non-hydrogen) atoms. The van der Waals surface area contributed by atoms with Crippen LogP contribution in [0, 0.1) is 0 Å². The quantitative estimate of drug-likeness (QED) is 0.547. The molecule has 0 bridgehead atoms. The van der Waals surface area contributed by atoms with Crippen LogP contribution < -0.4 is 24.8 Å². The third-order valence-electron chi connectivity index (χ3n) is 2.67. The Morgan fingerprint density at radius 3 is 1.61 bits per heavy atom. The van der Waals surface area contributed by atoms with Crippen LogP contribution in [0.1, 0.15) is 52.7 Å². The Morgan fingerprint density at radius 1 is 0.833 bits per heavy atom. The van der Waals surface area contributed by atoms with E-state index in [0.29, 0.717) is 5.75 Å². The monoisotopic (exact) mass is 324 g/mol. The second-order valence-corrected chi connectivity index (χ2v) is 6.23. The van der Waals surface area contributed by atoms with Crippen molar-refractivity contribution in [2.24, 2.45) is 0 Å². The second-order valence-electron chi connectivity index (χ2n) is 6.23. The van der Waals surface area contributed by atoms with Gasteiger partial charge in [-0.05, 0) is 28.0 Å². The van der Waals surface area contributed by atoms with Gasteiger partial charge >= 0.3 is 21.7 Å². The molecule has 0 radical (unpaired) electrons. The van der Waals surface area contributed by atoms with Crippen LogP contribution >= 0.6 is 0 Å². The molecule has 0 saturated carbocycles. The summed E-state index contributed by atoms with van der Waals surface area (Å²) in [6.45, 7) is 12.9. The zero-order valence-electron chi connectivity index (χ0n) is 11.9. The number of hydrogen-bond donors (Lipinski definition) is 1. The molecule has 0 aliphatic heterocycles. The van der Waals surface area contributed by atoms with Crippen molar-refractivity contribution < 1.29 is 51.6 Å². The molecule has 1 nitrogen and oxygen atoms in total.